The molecule has 0 aliphatic rings. The normalized spacial score (nSPS) is 11.2. The molecule has 0 fully saturated rings. The third-order valence-corrected chi connectivity index (χ3v) is 6.14. The topological polar surface area (TPSA) is 66.5 Å². The van der Waals surface area contributed by atoms with Gasteiger partial charge in [-0.1, -0.05) is 46.3 Å². The van der Waals surface area contributed by atoms with Crippen LogP contribution in [-0.2, 0) is 20.4 Å². The van der Waals surface area contributed by atoms with Gasteiger partial charge >= 0.3 is 0 Å². The Morgan fingerprint density at radius 3 is 2.56 bits per heavy atom. The van der Waals surface area contributed by atoms with Crippen molar-refractivity contribution in [1.82, 2.24) is 5.32 Å². The summed E-state index contributed by atoms with van der Waals surface area (Å²) >= 11 is 3.32. The standard InChI is InChI=1S/C20H25BrN2O3S/c1-3-23(19-10-5-4-7-16(19)2)12-11-22-20(24)15-27(25,26)14-17-8-6-9-18(21)13-17/h4-10,13H,3,11-12,14-15H2,1-2H3,(H,22,24). The summed E-state index contributed by atoms with van der Waals surface area (Å²) in [5, 5.41) is 2.72. The molecule has 2 rings (SSSR count). The van der Waals surface area contributed by atoms with Crippen molar-refractivity contribution >= 4 is 37.4 Å². The maximum Gasteiger partial charge on any atom is 0.235 e. The zero-order chi connectivity index (χ0) is 19.9. The fourth-order valence-corrected chi connectivity index (χ4v) is 4.62. The molecule has 0 saturated heterocycles. The van der Waals surface area contributed by atoms with E-state index in [4.69, 9.17) is 0 Å². The minimum atomic E-state index is -3.51. The Bertz CT molecular complexity index is 884. The van der Waals surface area contributed by atoms with Crippen molar-refractivity contribution in [2.45, 2.75) is 19.6 Å². The second-order valence-corrected chi connectivity index (χ2v) is 9.36. The third-order valence-electron chi connectivity index (χ3n) is 4.17. The van der Waals surface area contributed by atoms with Gasteiger partial charge < -0.3 is 10.2 Å². The molecule has 2 aromatic carbocycles. The number of aryl methyl sites for hydroxylation is 1. The van der Waals surface area contributed by atoms with Gasteiger partial charge in [0.1, 0.15) is 5.75 Å². The Labute approximate surface area is 169 Å². The third kappa shape index (κ3) is 6.99. The average Bonchev–Trinajstić information content (AvgIpc) is 2.58. The summed E-state index contributed by atoms with van der Waals surface area (Å²) in [6, 6.07) is 15.2. The van der Waals surface area contributed by atoms with Crippen LogP contribution in [0.2, 0.25) is 0 Å². The van der Waals surface area contributed by atoms with Gasteiger partial charge in [-0.25, -0.2) is 8.42 Å². The molecule has 146 valence electrons. The van der Waals surface area contributed by atoms with Crippen molar-refractivity contribution < 1.29 is 13.2 Å². The van der Waals surface area contributed by atoms with Crippen LogP contribution in [0.15, 0.2) is 53.0 Å². The lowest BCUT2D eigenvalue weighted by Gasteiger charge is -2.25. The van der Waals surface area contributed by atoms with E-state index in [2.05, 4.69) is 33.1 Å². The summed E-state index contributed by atoms with van der Waals surface area (Å²) in [5.74, 6) is -1.12. The highest BCUT2D eigenvalue weighted by Gasteiger charge is 2.17. The number of carbonyl (C=O) groups is 1. The average molecular weight is 453 g/mol. The van der Waals surface area contributed by atoms with Crippen LogP contribution in [0.1, 0.15) is 18.1 Å². The molecule has 1 N–H and O–H groups in total. The van der Waals surface area contributed by atoms with E-state index < -0.39 is 21.5 Å². The quantitative estimate of drug-likeness (QED) is 0.633. The first kappa shape index (κ1) is 21.4. The lowest BCUT2D eigenvalue weighted by molar-refractivity contribution is -0.118. The molecule has 0 heterocycles. The summed E-state index contributed by atoms with van der Waals surface area (Å²) in [6.45, 7) is 5.93. The summed E-state index contributed by atoms with van der Waals surface area (Å²) in [7, 11) is -3.51. The Hall–Kier alpha value is -1.86. The van der Waals surface area contributed by atoms with Gasteiger partial charge in [-0.2, -0.15) is 0 Å². The number of hydrogen-bond acceptors (Lipinski definition) is 4. The molecule has 0 aromatic heterocycles. The summed E-state index contributed by atoms with van der Waals surface area (Å²) in [6.07, 6.45) is 0. The molecule has 0 radical (unpaired) electrons. The molecule has 0 atom stereocenters. The molecule has 0 aliphatic heterocycles. The van der Waals surface area contributed by atoms with Crippen LogP contribution in [0.5, 0.6) is 0 Å². The number of anilines is 1. The Morgan fingerprint density at radius 1 is 1.15 bits per heavy atom. The predicted octanol–water partition coefficient (Wildman–Crippen LogP) is 3.32. The van der Waals surface area contributed by atoms with Crippen LogP contribution >= 0.6 is 15.9 Å². The van der Waals surface area contributed by atoms with E-state index in [0.29, 0.717) is 18.7 Å². The van der Waals surface area contributed by atoms with E-state index in [1.807, 2.05) is 37.3 Å². The van der Waals surface area contributed by atoms with Gasteiger partial charge in [-0.3, -0.25) is 4.79 Å². The molecular formula is C20H25BrN2O3S. The molecule has 27 heavy (non-hydrogen) atoms. The molecule has 0 saturated carbocycles. The molecular weight excluding hydrogens is 428 g/mol. The van der Waals surface area contributed by atoms with Gasteiger partial charge in [0.2, 0.25) is 5.91 Å². The number of benzene rings is 2. The highest BCUT2D eigenvalue weighted by molar-refractivity contribution is 9.10. The van der Waals surface area contributed by atoms with E-state index in [-0.39, 0.29) is 5.75 Å². The van der Waals surface area contributed by atoms with Crippen molar-refractivity contribution in [2.75, 3.05) is 30.3 Å². The number of sulfone groups is 1. The van der Waals surface area contributed by atoms with Crippen molar-refractivity contribution in [1.29, 1.82) is 0 Å². The Balaban J connectivity index is 1.85. The van der Waals surface area contributed by atoms with Crippen molar-refractivity contribution in [3.8, 4) is 0 Å². The minimum absolute atomic E-state index is 0.149. The number of likely N-dealkylation sites (N-methyl/N-ethyl adjacent to an activating group) is 1. The second-order valence-electron chi connectivity index (χ2n) is 6.38. The Kier molecular flexibility index (Phi) is 7.86. The maximum absolute atomic E-state index is 12.3. The monoisotopic (exact) mass is 452 g/mol. The van der Waals surface area contributed by atoms with Crippen molar-refractivity contribution in [3.05, 3.63) is 64.1 Å². The first-order valence-electron chi connectivity index (χ1n) is 8.83. The zero-order valence-electron chi connectivity index (χ0n) is 15.6. The summed E-state index contributed by atoms with van der Waals surface area (Å²) in [4.78, 5) is 14.2. The smallest absolute Gasteiger partial charge is 0.235 e. The molecule has 0 bridgehead atoms. The molecule has 2 aromatic rings. The summed E-state index contributed by atoms with van der Waals surface area (Å²) in [5.41, 5.74) is 2.95. The number of para-hydroxylation sites is 1. The van der Waals surface area contributed by atoms with Gasteiger partial charge in [0.05, 0.1) is 5.75 Å². The molecule has 5 nitrogen and oxygen atoms in total. The molecule has 0 aliphatic carbocycles. The number of nitrogens with zero attached hydrogens (tertiary/aromatic N) is 1. The van der Waals surface area contributed by atoms with Gasteiger partial charge in [-0.15, -0.1) is 0 Å². The number of rotatable bonds is 9. The van der Waals surface area contributed by atoms with Gasteiger partial charge in [-0.05, 0) is 43.2 Å². The van der Waals surface area contributed by atoms with Crippen molar-refractivity contribution in [2.24, 2.45) is 0 Å². The highest BCUT2D eigenvalue weighted by atomic mass is 79.9. The minimum Gasteiger partial charge on any atom is -0.370 e. The second kappa shape index (κ2) is 9.90. The molecule has 7 heteroatoms. The fourth-order valence-electron chi connectivity index (χ4n) is 2.88. The van der Waals surface area contributed by atoms with Crippen LogP contribution in [0.3, 0.4) is 0 Å². The number of halogens is 1. The lowest BCUT2D eigenvalue weighted by atomic mass is 10.2. The van der Waals surface area contributed by atoms with Gasteiger partial charge in [0.25, 0.3) is 0 Å². The van der Waals surface area contributed by atoms with E-state index in [1.54, 1.807) is 18.2 Å². The predicted molar refractivity (Wildman–Crippen MR) is 114 cm³/mol. The number of nitrogens with one attached hydrogen (secondary N) is 1. The SMILES string of the molecule is CCN(CCNC(=O)CS(=O)(=O)Cc1cccc(Br)c1)c1ccccc1C. The largest absolute Gasteiger partial charge is 0.370 e. The number of hydrogen-bond donors (Lipinski definition) is 1. The van der Waals surface area contributed by atoms with E-state index in [9.17, 15) is 13.2 Å². The van der Waals surface area contributed by atoms with Crippen LogP contribution in [-0.4, -0.2) is 39.7 Å². The van der Waals surface area contributed by atoms with Crippen LogP contribution < -0.4 is 10.2 Å². The zero-order valence-corrected chi connectivity index (χ0v) is 18.0. The number of carbonyl (C=O) groups excluding carboxylic acids is 1. The molecule has 0 unspecified atom stereocenters. The van der Waals surface area contributed by atoms with Gasteiger partial charge in [0.15, 0.2) is 9.84 Å². The first-order chi connectivity index (χ1) is 12.8. The fraction of sp³-hybridized carbons (Fsp3) is 0.350. The highest BCUT2D eigenvalue weighted by Crippen LogP contribution is 2.18. The van der Waals surface area contributed by atoms with Crippen LogP contribution in [0, 0.1) is 6.92 Å². The lowest BCUT2D eigenvalue weighted by Crippen LogP contribution is -2.37. The summed E-state index contributed by atoms with van der Waals surface area (Å²) < 4.78 is 25.3. The van der Waals surface area contributed by atoms with Crippen molar-refractivity contribution in [3.63, 3.8) is 0 Å². The van der Waals surface area contributed by atoms with Crippen LogP contribution in [0.4, 0.5) is 5.69 Å². The molecule has 1 amide bonds. The van der Waals surface area contributed by atoms with E-state index in [1.165, 1.54) is 5.56 Å². The Morgan fingerprint density at radius 2 is 1.89 bits per heavy atom. The molecule has 0 spiro atoms. The van der Waals surface area contributed by atoms with E-state index >= 15 is 0 Å². The van der Waals surface area contributed by atoms with Gasteiger partial charge in [0, 0.05) is 29.8 Å². The maximum atomic E-state index is 12.3. The first-order valence-corrected chi connectivity index (χ1v) is 11.4. The van der Waals surface area contributed by atoms with E-state index in [0.717, 1.165) is 16.7 Å². The van der Waals surface area contributed by atoms with Crippen LogP contribution in [0.25, 0.3) is 0 Å². The number of amides is 1.